The van der Waals surface area contributed by atoms with Gasteiger partial charge in [0.25, 0.3) is 5.91 Å². The molecule has 0 spiro atoms. The molecule has 1 amide bonds. The summed E-state index contributed by atoms with van der Waals surface area (Å²) < 4.78 is 5.78. The van der Waals surface area contributed by atoms with Gasteiger partial charge in [-0.1, -0.05) is 48.5 Å². The number of nitrogens with one attached hydrogen (secondary N) is 1. The minimum atomic E-state index is -0.715. The number of phenolic OH excluding ortho intramolecular Hbond substituents is 1. The van der Waals surface area contributed by atoms with Crippen molar-refractivity contribution in [3.8, 4) is 11.5 Å². The van der Waals surface area contributed by atoms with E-state index in [-0.39, 0.29) is 11.7 Å². The number of ether oxygens (including phenoxy) is 1. The van der Waals surface area contributed by atoms with Crippen LogP contribution in [-0.4, -0.2) is 23.3 Å². The summed E-state index contributed by atoms with van der Waals surface area (Å²) in [5.41, 5.74) is 2.94. The molecule has 126 valence electrons. The summed E-state index contributed by atoms with van der Waals surface area (Å²) in [6.45, 7) is 1.66. The third-order valence-electron chi connectivity index (χ3n) is 3.74. The first kappa shape index (κ1) is 16.5. The maximum Gasteiger partial charge on any atom is 0.280 e. The summed E-state index contributed by atoms with van der Waals surface area (Å²) in [5.74, 6) is 0.366. The fraction of sp³-hybridized carbons (Fsp3) is 0.100. The van der Waals surface area contributed by atoms with Crippen molar-refractivity contribution in [2.45, 2.75) is 13.0 Å². The topological polar surface area (TPSA) is 70.9 Å². The van der Waals surface area contributed by atoms with Crippen LogP contribution in [0.1, 0.15) is 12.5 Å². The molecule has 25 heavy (non-hydrogen) atoms. The summed E-state index contributed by atoms with van der Waals surface area (Å²) in [4.78, 5) is 12.1. The van der Waals surface area contributed by atoms with Gasteiger partial charge < -0.3 is 9.84 Å². The van der Waals surface area contributed by atoms with E-state index >= 15 is 0 Å². The molecular formula is C20H18N2O3. The number of para-hydroxylation sites is 1. The van der Waals surface area contributed by atoms with Crippen LogP contribution >= 0.6 is 0 Å². The second-order valence-electron chi connectivity index (χ2n) is 5.53. The van der Waals surface area contributed by atoms with Gasteiger partial charge >= 0.3 is 0 Å². The number of amides is 1. The van der Waals surface area contributed by atoms with Gasteiger partial charge in [-0.2, -0.15) is 5.10 Å². The van der Waals surface area contributed by atoms with Crippen molar-refractivity contribution in [2.24, 2.45) is 5.10 Å². The molecule has 2 N–H and O–H groups in total. The van der Waals surface area contributed by atoms with Crippen molar-refractivity contribution < 1.29 is 14.6 Å². The SMILES string of the molecule is CC(Oc1cccc2ccccc12)C(=O)N/N=C/c1ccccc1O. The number of carbonyl (C=O) groups excluding carboxylic acids is 1. The third-order valence-corrected chi connectivity index (χ3v) is 3.74. The first-order valence-corrected chi connectivity index (χ1v) is 7.90. The molecular weight excluding hydrogens is 316 g/mol. The summed E-state index contributed by atoms with van der Waals surface area (Å²) in [7, 11) is 0. The quantitative estimate of drug-likeness (QED) is 0.554. The van der Waals surface area contributed by atoms with E-state index in [1.807, 2.05) is 42.5 Å². The van der Waals surface area contributed by atoms with E-state index in [2.05, 4.69) is 10.5 Å². The van der Waals surface area contributed by atoms with Crippen LogP contribution in [0.4, 0.5) is 0 Å². The third kappa shape index (κ3) is 3.95. The Bertz CT molecular complexity index is 916. The average Bonchev–Trinajstić information content (AvgIpc) is 2.63. The maximum absolute atomic E-state index is 12.1. The van der Waals surface area contributed by atoms with Crippen molar-refractivity contribution in [1.29, 1.82) is 0 Å². The number of nitrogens with zero attached hydrogens (tertiary/aromatic N) is 1. The van der Waals surface area contributed by atoms with Crippen molar-refractivity contribution in [3.63, 3.8) is 0 Å². The molecule has 0 aromatic heterocycles. The van der Waals surface area contributed by atoms with E-state index in [0.717, 1.165) is 10.8 Å². The lowest BCUT2D eigenvalue weighted by atomic mass is 10.1. The molecule has 1 atom stereocenters. The number of rotatable bonds is 5. The van der Waals surface area contributed by atoms with Crippen LogP contribution in [0.2, 0.25) is 0 Å². The van der Waals surface area contributed by atoms with Crippen LogP contribution < -0.4 is 10.2 Å². The van der Waals surface area contributed by atoms with E-state index in [4.69, 9.17) is 4.74 Å². The number of aromatic hydroxyl groups is 1. The van der Waals surface area contributed by atoms with Crippen molar-refractivity contribution in [3.05, 3.63) is 72.3 Å². The Balaban J connectivity index is 1.65. The zero-order valence-corrected chi connectivity index (χ0v) is 13.7. The van der Waals surface area contributed by atoms with Gasteiger partial charge in [-0.15, -0.1) is 0 Å². The highest BCUT2D eigenvalue weighted by Gasteiger charge is 2.15. The molecule has 5 heteroatoms. The first-order chi connectivity index (χ1) is 12.1. The zero-order valence-electron chi connectivity index (χ0n) is 13.7. The van der Waals surface area contributed by atoms with Gasteiger partial charge in [0.2, 0.25) is 0 Å². The molecule has 3 aromatic rings. The molecule has 0 aliphatic carbocycles. The Morgan fingerprint density at radius 3 is 2.64 bits per heavy atom. The summed E-state index contributed by atoms with van der Waals surface area (Å²) in [5, 5.41) is 15.5. The minimum Gasteiger partial charge on any atom is -0.507 e. The Morgan fingerprint density at radius 2 is 1.80 bits per heavy atom. The standard InChI is InChI=1S/C20H18N2O3/c1-14(20(24)22-21-13-16-8-3-5-11-18(16)23)25-19-12-6-9-15-7-2-4-10-17(15)19/h2-14,23H,1H3,(H,22,24)/b21-13+. The van der Waals surface area contributed by atoms with Crippen LogP contribution in [0.15, 0.2) is 71.8 Å². The average molecular weight is 334 g/mol. The molecule has 0 radical (unpaired) electrons. The van der Waals surface area contributed by atoms with Gasteiger partial charge in [0.05, 0.1) is 6.21 Å². The Labute approximate surface area is 145 Å². The van der Waals surface area contributed by atoms with Crippen LogP contribution in [0.3, 0.4) is 0 Å². The van der Waals surface area contributed by atoms with Gasteiger partial charge in [0.15, 0.2) is 6.10 Å². The molecule has 0 aliphatic heterocycles. The van der Waals surface area contributed by atoms with Crippen LogP contribution in [-0.2, 0) is 4.79 Å². The second-order valence-corrected chi connectivity index (χ2v) is 5.53. The molecule has 5 nitrogen and oxygen atoms in total. The van der Waals surface area contributed by atoms with Crippen LogP contribution in [0.5, 0.6) is 11.5 Å². The lowest BCUT2D eigenvalue weighted by molar-refractivity contribution is -0.127. The van der Waals surface area contributed by atoms with Crippen molar-refractivity contribution in [2.75, 3.05) is 0 Å². The molecule has 0 heterocycles. The summed E-state index contributed by atoms with van der Waals surface area (Å²) in [6, 6.07) is 20.3. The molecule has 0 fully saturated rings. The van der Waals surface area contributed by atoms with Crippen molar-refractivity contribution in [1.82, 2.24) is 5.43 Å². The highest BCUT2D eigenvalue weighted by Crippen LogP contribution is 2.26. The zero-order chi connectivity index (χ0) is 17.6. The molecule has 3 rings (SSSR count). The Hall–Kier alpha value is -3.34. The fourth-order valence-corrected chi connectivity index (χ4v) is 2.40. The molecule has 0 aliphatic rings. The predicted octanol–water partition coefficient (Wildman–Crippen LogP) is 3.46. The summed E-state index contributed by atoms with van der Waals surface area (Å²) >= 11 is 0. The highest BCUT2D eigenvalue weighted by molar-refractivity contribution is 5.89. The second kappa shape index (κ2) is 7.49. The van der Waals surface area contributed by atoms with E-state index in [1.54, 1.807) is 31.2 Å². The highest BCUT2D eigenvalue weighted by atomic mass is 16.5. The van der Waals surface area contributed by atoms with Gasteiger partial charge in [-0.25, -0.2) is 5.43 Å². The van der Waals surface area contributed by atoms with E-state index in [1.165, 1.54) is 6.21 Å². The number of hydrogen-bond donors (Lipinski definition) is 2. The Kier molecular flexibility index (Phi) is 4.95. The lowest BCUT2D eigenvalue weighted by Gasteiger charge is -2.14. The van der Waals surface area contributed by atoms with Crippen molar-refractivity contribution >= 4 is 22.9 Å². The van der Waals surface area contributed by atoms with E-state index in [0.29, 0.717) is 11.3 Å². The smallest absolute Gasteiger partial charge is 0.280 e. The van der Waals surface area contributed by atoms with E-state index in [9.17, 15) is 9.90 Å². The monoisotopic (exact) mass is 334 g/mol. The van der Waals surface area contributed by atoms with Gasteiger partial charge in [0.1, 0.15) is 11.5 Å². The van der Waals surface area contributed by atoms with Gasteiger partial charge in [-0.3, -0.25) is 4.79 Å². The number of fused-ring (bicyclic) bond motifs is 1. The largest absolute Gasteiger partial charge is 0.507 e. The molecule has 1 unspecified atom stereocenters. The number of carbonyl (C=O) groups is 1. The van der Waals surface area contributed by atoms with Gasteiger partial charge in [0, 0.05) is 10.9 Å². The fourth-order valence-electron chi connectivity index (χ4n) is 2.40. The van der Waals surface area contributed by atoms with Crippen LogP contribution in [0.25, 0.3) is 10.8 Å². The number of phenols is 1. The lowest BCUT2D eigenvalue weighted by Crippen LogP contribution is -2.33. The summed E-state index contributed by atoms with van der Waals surface area (Å²) in [6.07, 6.45) is 0.671. The number of benzene rings is 3. The van der Waals surface area contributed by atoms with Crippen LogP contribution in [0, 0.1) is 0 Å². The van der Waals surface area contributed by atoms with E-state index < -0.39 is 6.10 Å². The molecule has 3 aromatic carbocycles. The first-order valence-electron chi connectivity index (χ1n) is 7.90. The Morgan fingerprint density at radius 1 is 1.08 bits per heavy atom. The minimum absolute atomic E-state index is 0.0977. The predicted molar refractivity (Wildman–Crippen MR) is 97.9 cm³/mol. The number of hydrazone groups is 1. The number of hydrogen-bond acceptors (Lipinski definition) is 4. The molecule has 0 saturated carbocycles. The van der Waals surface area contributed by atoms with Gasteiger partial charge in [-0.05, 0) is 30.5 Å². The molecule has 0 saturated heterocycles. The molecule has 0 bridgehead atoms. The normalized spacial score (nSPS) is 12.2. The maximum atomic E-state index is 12.1.